The number of hydrogen-bond donors (Lipinski definition) is 0. The van der Waals surface area contributed by atoms with Gasteiger partial charge in [-0.05, 0) is 39.6 Å². The second-order valence-corrected chi connectivity index (χ2v) is 6.31. The monoisotopic (exact) mass is 320 g/mol. The number of nitro groups is 1. The minimum absolute atomic E-state index is 0.0240. The fraction of sp³-hybridized carbons (Fsp3) is 0.562. The number of para-hydroxylation sites is 1. The van der Waals surface area contributed by atoms with Crippen LogP contribution in [0.15, 0.2) is 30.3 Å². The summed E-state index contributed by atoms with van der Waals surface area (Å²) >= 11 is 0. The fourth-order valence-corrected chi connectivity index (χ4v) is 3.29. The van der Waals surface area contributed by atoms with E-state index < -0.39 is 12.1 Å². The number of hydrogen-bond acceptors (Lipinski definition) is 5. The molecular weight excluding hydrogens is 296 g/mol. The van der Waals surface area contributed by atoms with Gasteiger partial charge in [-0.15, -0.1) is 0 Å². The van der Waals surface area contributed by atoms with E-state index in [9.17, 15) is 14.9 Å². The third-order valence-corrected chi connectivity index (χ3v) is 4.16. The summed E-state index contributed by atoms with van der Waals surface area (Å²) < 4.78 is 0. The number of rotatable bonds is 5. The summed E-state index contributed by atoms with van der Waals surface area (Å²) in [6.45, 7) is 3.76. The highest BCUT2D eigenvalue weighted by Crippen LogP contribution is 2.33. The molecule has 1 saturated heterocycles. The average molecular weight is 320 g/mol. The lowest BCUT2D eigenvalue weighted by Gasteiger charge is -2.35. The van der Waals surface area contributed by atoms with Crippen LogP contribution in [0.4, 0.5) is 5.69 Å². The number of anilines is 1. The van der Waals surface area contributed by atoms with Crippen molar-refractivity contribution in [3.05, 3.63) is 40.4 Å². The molecule has 126 valence electrons. The summed E-state index contributed by atoms with van der Waals surface area (Å²) in [6.07, 6.45) is 0.577. The van der Waals surface area contributed by atoms with Crippen LogP contribution in [-0.2, 0) is 4.79 Å². The van der Waals surface area contributed by atoms with Crippen molar-refractivity contribution in [3.63, 3.8) is 0 Å². The van der Waals surface area contributed by atoms with Gasteiger partial charge in [0.05, 0.1) is 18.3 Å². The summed E-state index contributed by atoms with van der Waals surface area (Å²) in [5.41, 5.74) is 0.879. The summed E-state index contributed by atoms with van der Waals surface area (Å²) in [4.78, 5) is 25.3. The highest BCUT2D eigenvalue weighted by molar-refractivity contribution is 5.77. The van der Waals surface area contributed by atoms with Crippen LogP contribution in [0.3, 0.4) is 0 Å². The number of carbonyl (C=O) groups excluding carboxylic acids is 1. The lowest BCUT2D eigenvalue weighted by Crippen LogP contribution is -2.54. The second-order valence-electron chi connectivity index (χ2n) is 6.31. The lowest BCUT2D eigenvalue weighted by molar-refractivity contribution is -0.529. The molecule has 1 heterocycles. The third kappa shape index (κ3) is 3.61. The van der Waals surface area contributed by atoms with Crippen LogP contribution in [0.2, 0.25) is 0 Å². The maximum Gasteiger partial charge on any atom is 0.247 e. The van der Waals surface area contributed by atoms with E-state index in [0.29, 0.717) is 13.0 Å². The van der Waals surface area contributed by atoms with E-state index in [1.807, 2.05) is 56.4 Å². The van der Waals surface area contributed by atoms with E-state index in [-0.39, 0.29) is 16.9 Å². The molecule has 0 bridgehead atoms. The first-order valence-corrected chi connectivity index (χ1v) is 7.75. The third-order valence-electron chi connectivity index (χ3n) is 4.16. The van der Waals surface area contributed by atoms with Gasteiger partial charge in [0.25, 0.3) is 0 Å². The molecular formula is C16H24N4O3. The zero-order valence-corrected chi connectivity index (χ0v) is 14.0. The number of carbonyl (C=O) groups is 1. The molecule has 2 rings (SSSR count). The van der Waals surface area contributed by atoms with Crippen molar-refractivity contribution in [2.45, 2.75) is 38.4 Å². The minimum atomic E-state index is -0.815. The largest absolute Gasteiger partial charge is 0.303 e. The molecule has 1 fully saturated rings. The molecule has 1 aromatic carbocycles. The fourth-order valence-electron chi connectivity index (χ4n) is 3.29. The standard InChI is InChI=1S/C16H24N4O3/c1-12-10-15(16(20(22)23)11-17(3)4)19(13(2)21)18(12)14-8-6-5-7-9-14/h5-9,12,15-16H,10-11H2,1-4H3. The smallest absolute Gasteiger partial charge is 0.247 e. The Balaban J connectivity index is 2.37. The van der Waals surface area contributed by atoms with Crippen LogP contribution in [0.1, 0.15) is 20.3 Å². The van der Waals surface area contributed by atoms with Gasteiger partial charge in [0.15, 0.2) is 0 Å². The average Bonchev–Trinajstić information content (AvgIpc) is 2.82. The van der Waals surface area contributed by atoms with E-state index in [4.69, 9.17) is 0 Å². The number of likely N-dealkylation sites (N-methyl/N-ethyl adjacent to an activating group) is 1. The molecule has 1 aliphatic rings. The summed E-state index contributed by atoms with van der Waals surface area (Å²) in [5.74, 6) is -0.172. The highest BCUT2D eigenvalue weighted by Gasteiger charge is 2.47. The molecule has 7 nitrogen and oxygen atoms in total. The van der Waals surface area contributed by atoms with Crippen LogP contribution in [0.5, 0.6) is 0 Å². The molecule has 0 saturated carbocycles. The molecule has 1 aliphatic heterocycles. The number of amides is 1. The first-order valence-electron chi connectivity index (χ1n) is 7.75. The molecule has 7 heteroatoms. The molecule has 3 unspecified atom stereocenters. The predicted molar refractivity (Wildman–Crippen MR) is 88.6 cm³/mol. The number of nitrogens with zero attached hydrogens (tertiary/aromatic N) is 4. The molecule has 0 aliphatic carbocycles. The first kappa shape index (κ1) is 17.2. The Bertz CT molecular complexity index is 564. The van der Waals surface area contributed by atoms with E-state index in [1.165, 1.54) is 6.92 Å². The normalized spacial score (nSPS) is 22.5. The highest BCUT2D eigenvalue weighted by atomic mass is 16.6. The Kier molecular flexibility index (Phi) is 5.20. The maximum absolute atomic E-state index is 12.2. The molecule has 23 heavy (non-hydrogen) atoms. The van der Waals surface area contributed by atoms with Crippen LogP contribution in [0.25, 0.3) is 0 Å². The topological polar surface area (TPSA) is 69.9 Å². The van der Waals surface area contributed by atoms with Crippen LogP contribution in [0, 0.1) is 10.1 Å². The van der Waals surface area contributed by atoms with Crippen molar-refractivity contribution in [2.75, 3.05) is 25.6 Å². The van der Waals surface area contributed by atoms with E-state index >= 15 is 0 Å². The van der Waals surface area contributed by atoms with Gasteiger partial charge in [-0.25, -0.2) is 5.01 Å². The number of hydrazine groups is 1. The van der Waals surface area contributed by atoms with Gasteiger partial charge in [0.1, 0.15) is 6.04 Å². The first-order chi connectivity index (χ1) is 10.8. The Hall–Kier alpha value is -2.15. The number of benzene rings is 1. The van der Waals surface area contributed by atoms with E-state index in [1.54, 1.807) is 9.91 Å². The Morgan fingerprint density at radius 1 is 1.39 bits per heavy atom. The molecule has 1 amide bonds. The minimum Gasteiger partial charge on any atom is -0.303 e. The zero-order valence-electron chi connectivity index (χ0n) is 14.0. The predicted octanol–water partition coefficient (Wildman–Crippen LogP) is 1.62. The lowest BCUT2D eigenvalue weighted by atomic mass is 10.0. The molecule has 3 atom stereocenters. The molecule has 0 spiro atoms. The zero-order chi connectivity index (χ0) is 17.1. The van der Waals surface area contributed by atoms with Crippen molar-refractivity contribution in [1.82, 2.24) is 9.91 Å². The van der Waals surface area contributed by atoms with Gasteiger partial charge in [0.2, 0.25) is 11.9 Å². The molecule has 0 N–H and O–H groups in total. The van der Waals surface area contributed by atoms with Crippen LogP contribution in [-0.4, -0.2) is 59.5 Å². The van der Waals surface area contributed by atoms with Crippen LogP contribution >= 0.6 is 0 Å². The van der Waals surface area contributed by atoms with E-state index in [0.717, 1.165) is 5.69 Å². The molecule has 1 aromatic rings. The van der Waals surface area contributed by atoms with Crippen molar-refractivity contribution in [1.29, 1.82) is 0 Å². The Labute approximate surface area is 136 Å². The van der Waals surface area contributed by atoms with Gasteiger partial charge < -0.3 is 4.90 Å². The SMILES string of the molecule is CC(=O)N1C(C(CN(C)C)[N+](=O)[O-])CC(C)N1c1ccccc1. The van der Waals surface area contributed by atoms with Crippen molar-refractivity contribution in [2.24, 2.45) is 0 Å². The Morgan fingerprint density at radius 2 is 2.00 bits per heavy atom. The van der Waals surface area contributed by atoms with Gasteiger partial charge in [-0.2, -0.15) is 0 Å². The van der Waals surface area contributed by atoms with Gasteiger partial charge in [-0.1, -0.05) is 18.2 Å². The van der Waals surface area contributed by atoms with Crippen molar-refractivity contribution in [3.8, 4) is 0 Å². The van der Waals surface area contributed by atoms with Gasteiger partial charge in [0, 0.05) is 11.8 Å². The quantitative estimate of drug-likeness (QED) is 0.609. The molecule has 0 aromatic heterocycles. The summed E-state index contributed by atoms with van der Waals surface area (Å²) in [7, 11) is 3.61. The van der Waals surface area contributed by atoms with Crippen molar-refractivity contribution < 1.29 is 9.72 Å². The summed E-state index contributed by atoms with van der Waals surface area (Å²) in [5, 5.41) is 15.0. The second kappa shape index (κ2) is 6.95. The van der Waals surface area contributed by atoms with Crippen molar-refractivity contribution >= 4 is 11.6 Å². The van der Waals surface area contributed by atoms with Crippen LogP contribution < -0.4 is 5.01 Å². The van der Waals surface area contributed by atoms with E-state index in [2.05, 4.69) is 0 Å². The maximum atomic E-state index is 12.2. The summed E-state index contributed by atoms with van der Waals surface area (Å²) in [6, 6.07) is 8.31. The Morgan fingerprint density at radius 3 is 2.48 bits per heavy atom. The van der Waals surface area contributed by atoms with Gasteiger partial charge >= 0.3 is 0 Å². The molecule has 0 radical (unpaired) electrons. The van der Waals surface area contributed by atoms with Gasteiger partial charge in [-0.3, -0.25) is 19.9 Å².